The molecule has 0 saturated heterocycles. The van der Waals surface area contributed by atoms with Crippen molar-refractivity contribution in [2.75, 3.05) is 0 Å². The Bertz CT molecular complexity index is 945. The number of nitrogens with zero attached hydrogens (tertiary/aromatic N) is 2. The minimum Gasteiger partial charge on any atom is -0.298 e. The van der Waals surface area contributed by atoms with Crippen molar-refractivity contribution >= 4 is 28.4 Å². The van der Waals surface area contributed by atoms with Crippen molar-refractivity contribution in [3.63, 3.8) is 0 Å². The number of aromatic nitrogens is 2. The van der Waals surface area contributed by atoms with Crippen LogP contribution in [0.25, 0.3) is 10.9 Å². The number of rotatable bonds is 4. The topological polar surface area (TPSA) is 52.0 Å². The van der Waals surface area contributed by atoms with E-state index in [0.717, 1.165) is 37.0 Å². The highest BCUT2D eigenvalue weighted by Crippen LogP contribution is 2.61. The molecule has 4 nitrogen and oxygen atoms in total. The average molecular weight is 383 g/mol. The lowest BCUT2D eigenvalue weighted by atomic mass is 9.48. The summed E-state index contributed by atoms with van der Waals surface area (Å²) in [4.78, 5) is 30.8. The third-order valence-corrected chi connectivity index (χ3v) is 8.30. The highest BCUT2D eigenvalue weighted by molar-refractivity contribution is 8.00. The van der Waals surface area contributed by atoms with Crippen LogP contribution >= 0.6 is 11.8 Å². The molecule has 1 aromatic carbocycles. The molecule has 4 fully saturated rings. The highest BCUT2D eigenvalue weighted by Gasteiger charge is 2.55. The Balaban J connectivity index is 1.43. The lowest BCUT2D eigenvalue weighted by Crippen LogP contribution is -2.51. The summed E-state index contributed by atoms with van der Waals surface area (Å²) in [6.45, 7) is 2.01. The number of benzene rings is 1. The second kappa shape index (κ2) is 6.20. The molecule has 0 spiro atoms. The van der Waals surface area contributed by atoms with E-state index < -0.39 is 0 Å². The third-order valence-electron chi connectivity index (χ3n) is 7.15. The first-order valence-electron chi connectivity index (χ1n) is 10.1. The van der Waals surface area contributed by atoms with Gasteiger partial charge in [-0.2, -0.15) is 0 Å². The predicted molar refractivity (Wildman–Crippen MR) is 108 cm³/mol. The minimum absolute atomic E-state index is 0.0439. The Hall–Kier alpha value is -1.62. The van der Waals surface area contributed by atoms with E-state index in [2.05, 4.69) is 4.98 Å². The Morgan fingerprint density at radius 1 is 1.15 bits per heavy atom. The number of hydrogen-bond donors (Lipinski definition) is 0. The molecule has 4 aliphatic carbocycles. The number of para-hydroxylation sites is 1. The van der Waals surface area contributed by atoms with Crippen molar-refractivity contribution in [3.05, 3.63) is 34.6 Å². The molecule has 2 aromatic rings. The summed E-state index contributed by atoms with van der Waals surface area (Å²) in [6.07, 6.45) is 7.30. The smallest absolute Gasteiger partial charge is 0.261 e. The number of ketones is 1. The minimum atomic E-state index is -0.166. The molecular formula is C22H26N2O2S. The van der Waals surface area contributed by atoms with Crippen LogP contribution in [0, 0.1) is 23.2 Å². The molecule has 0 radical (unpaired) electrons. The average Bonchev–Trinajstić information content (AvgIpc) is 2.64. The van der Waals surface area contributed by atoms with Crippen LogP contribution in [0.5, 0.6) is 0 Å². The van der Waals surface area contributed by atoms with Gasteiger partial charge in [0.15, 0.2) is 10.9 Å². The van der Waals surface area contributed by atoms with Gasteiger partial charge in [-0.25, -0.2) is 4.98 Å². The summed E-state index contributed by atoms with van der Waals surface area (Å²) in [5, 5.41) is 1.11. The summed E-state index contributed by atoms with van der Waals surface area (Å²) >= 11 is 1.46. The molecule has 27 heavy (non-hydrogen) atoms. The number of carbonyl (C=O) groups is 1. The fourth-order valence-corrected chi connectivity index (χ4v) is 7.42. The molecule has 5 heteroatoms. The van der Waals surface area contributed by atoms with E-state index in [9.17, 15) is 9.59 Å². The van der Waals surface area contributed by atoms with Gasteiger partial charge in [0.2, 0.25) is 0 Å². The summed E-state index contributed by atoms with van der Waals surface area (Å²) < 4.78 is 1.59. The lowest BCUT2D eigenvalue weighted by molar-refractivity contribution is -0.142. The SMILES string of the molecule is CC(Sc1nc2ccccc2c(=O)n1C)C(=O)C12CC3CC(CC(C3)C1)C2. The Kier molecular flexibility index (Phi) is 4.01. The fraction of sp³-hybridized carbons (Fsp3) is 0.591. The van der Waals surface area contributed by atoms with Crippen LogP contribution in [0.15, 0.2) is 34.2 Å². The molecule has 1 heterocycles. The van der Waals surface area contributed by atoms with Gasteiger partial charge in [-0.05, 0) is 75.3 Å². The maximum atomic E-state index is 13.5. The predicted octanol–water partition coefficient (Wildman–Crippen LogP) is 4.20. The number of hydrogen-bond acceptors (Lipinski definition) is 4. The van der Waals surface area contributed by atoms with E-state index in [-0.39, 0.29) is 16.2 Å². The summed E-state index contributed by atoms with van der Waals surface area (Å²) in [5.74, 6) is 2.69. The van der Waals surface area contributed by atoms with Crippen molar-refractivity contribution < 1.29 is 4.79 Å². The second-order valence-corrected chi connectivity index (χ2v) is 10.4. The lowest BCUT2D eigenvalue weighted by Gasteiger charge is -2.56. The van der Waals surface area contributed by atoms with Crippen molar-refractivity contribution in [1.82, 2.24) is 9.55 Å². The first-order valence-corrected chi connectivity index (χ1v) is 11.0. The summed E-state index contributed by atoms with van der Waals surface area (Å²) in [6, 6.07) is 7.43. The van der Waals surface area contributed by atoms with Crippen LogP contribution in [-0.2, 0) is 11.8 Å². The van der Waals surface area contributed by atoms with Crippen LogP contribution in [0.3, 0.4) is 0 Å². The first-order chi connectivity index (χ1) is 12.9. The van der Waals surface area contributed by atoms with E-state index >= 15 is 0 Å². The number of thioether (sulfide) groups is 1. The third kappa shape index (κ3) is 2.77. The van der Waals surface area contributed by atoms with Crippen LogP contribution in [0.2, 0.25) is 0 Å². The maximum absolute atomic E-state index is 13.5. The van der Waals surface area contributed by atoms with E-state index in [0.29, 0.717) is 21.8 Å². The van der Waals surface area contributed by atoms with Crippen LogP contribution < -0.4 is 5.56 Å². The van der Waals surface area contributed by atoms with Crippen molar-refractivity contribution in [1.29, 1.82) is 0 Å². The molecule has 1 unspecified atom stereocenters. The number of carbonyl (C=O) groups excluding carboxylic acids is 1. The monoisotopic (exact) mass is 382 g/mol. The molecule has 142 valence electrons. The Morgan fingerprint density at radius 2 is 1.74 bits per heavy atom. The van der Waals surface area contributed by atoms with Crippen LogP contribution in [0.1, 0.15) is 45.4 Å². The first kappa shape index (κ1) is 17.5. The number of Topliss-reactive ketones (excluding diaryl/α,β-unsaturated/α-hetero) is 1. The zero-order chi connectivity index (χ0) is 18.8. The highest BCUT2D eigenvalue weighted by atomic mass is 32.2. The summed E-state index contributed by atoms with van der Waals surface area (Å²) in [5.41, 5.74) is 0.562. The molecule has 0 aliphatic heterocycles. The van der Waals surface area contributed by atoms with Crippen molar-refractivity contribution in [3.8, 4) is 0 Å². The largest absolute Gasteiger partial charge is 0.298 e. The van der Waals surface area contributed by atoms with E-state index in [1.54, 1.807) is 11.6 Å². The molecule has 1 atom stereocenters. The van der Waals surface area contributed by atoms with Gasteiger partial charge in [-0.15, -0.1) is 0 Å². The van der Waals surface area contributed by atoms with E-state index in [1.165, 1.54) is 31.0 Å². The molecule has 6 rings (SSSR count). The molecule has 4 aliphatic rings. The van der Waals surface area contributed by atoms with Gasteiger partial charge in [0.1, 0.15) is 0 Å². The van der Waals surface area contributed by atoms with Crippen LogP contribution in [0.4, 0.5) is 0 Å². The standard InChI is InChI=1S/C22H26N2O2S/c1-13(19(25)22-10-14-7-15(11-22)9-16(8-14)12-22)27-21-23-18-6-4-3-5-17(18)20(26)24(21)2/h3-6,13-16H,7-12H2,1-2H3. The molecule has 1 aromatic heterocycles. The number of fused-ring (bicyclic) bond motifs is 1. The normalized spacial score (nSPS) is 32.7. The van der Waals surface area contributed by atoms with Gasteiger partial charge in [0, 0.05) is 12.5 Å². The second-order valence-electron chi connectivity index (χ2n) is 9.10. The van der Waals surface area contributed by atoms with Gasteiger partial charge in [-0.1, -0.05) is 23.9 Å². The quantitative estimate of drug-likeness (QED) is 0.587. The van der Waals surface area contributed by atoms with Crippen molar-refractivity contribution in [2.24, 2.45) is 30.2 Å². The molecular weight excluding hydrogens is 356 g/mol. The zero-order valence-electron chi connectivity index (χ0n) is 16.0. The van der Waals surface area contributed by atoms with Crippen LogP contribution in [-0.4, -0.2) is 20.6 Å². The Labute approximate surface area is 163 Å². The molecule has 0 N–H and O–H groups in total. The Morgan fingerprint density at radius 3 is 2.37 bits per heavy atom. The molecule has 0 amide bonds. The van der Waals surface area contributed by atoms with Gasteiger partial charge in [0.25, 0.3) is 5.56 Å². The zero-order valence-corrected chi connectivity index (χ0v) is 16.8. The fourth-order valence-electron chi connectivity index (χ4n) is 6.36. The van der Waals surface area contributed by atoms with Gasteiger partial charge in [-0.3, -0.25) is 14.2 Å². The van der Waals surface area contributed by atoms with Gasteiger partial charge >= 0.3 is 0 Å². The maximum Gasteiger partial charge on any atom is 0.261 e. The van der Waals surface area contributed by atoms with Crippen molar-refractivity contribution in [2.45, 2.75) is 55.9 Å². The molecule has 4 saturated carbocycles. The summed E-state index contributed by atoms with van der Waals surface area (Å²) in [7, 11) is 1.76. The molecule has 4 bridgehead atoms. The van der Waals surface area contributed by atoms with E-state index in [4.69, 9.17) is 0 Å². The van der Waals surface area contributed by atoms with Gasteiger partial charge in [0.05, 0.1) is 16.2 Å². The van der Waals surface area contributed by atoms with Gasteiger partial charge < -0.3 is 0 Å². The van der Waals surface area contributed by atoms with E-state index in [1.807, 2.05) is 31.2 Å².